The first-order chi connectivity index (χ1) is 7.74. The van der Waals surface area contributed by atoms with Crippen molar-refractivity contribution < 1.29 is 4.74 Å². The van der Waals surface area contributed by atoms with Gasteiger partial charge in [-0.2, -0.15) is 5.10 Å². The molecule has 0 amide bonds. The predicted octanol–water partition coefficient (Wildman–Crippen LogP) is 0.859. The molecular formula is C11H14N4O. The summed E-state index contributed by atoms with van der Waals surface area (Å²) in [5, 5.41) is 7.22. The van der Waals surface area contributed by atoms with Crippen LogP contribution in [0.25, 0.3) is 0 Å². The molecule has 0 aromatic heterocycles. The molecule has 5 nitrogen and oxygen atoms in total. The van der Waals surface area contributed by atoms with E-state index in [4.69, 9.17) is 16.2 Å². The van der Waals surface area contributed by atoms with Gasteiger partial charge in [0.2, 0.25) is 5.96 Å². The van der Waals surface area contributed by atoms with Crippen molar-refractivity contribution in [2.45, 2.75) is 0 Å². The molecule has 0 unspecified atom stereocenters. The van der Waals surface area contributed by atoms with Crippen molar-refractivity contribution in [3.8, 4) is 5.75 Å². The Hall–Kier alpha value is -2.30. The zero-order valence-electron chi connectivity index (χ0n) is 8.84. The Morgan fingerprint density at radius 1 is 1.38 bits per heavy atom. The molecule has 0 atom stereocenters. The van der Waals surface area contributed by atoms with Crippen LogP contribution in [-0.4, -0.2) is 18.8 Å². The first kappa shape index (κ1) is 11.8. The fourth-order valence-electron chi connectivity index (χ4n) is 1.03. The van der Waals surface area contributed by atoms with Gasteiger partial charge in [-0.05, 0) is 12.1 Å². The molecule has 0 spiro atoms. The Morgan fingerprint density at radius 2 is 2.12 bits per heavy atom. The molecule has 16 heavy (non-hydrogen) atoms. The minimum atomic E-state index is -0.0826. The van der Waals surface area contributed by atoms with Crippen LogP contribution in [0.1, 0.15) is 5.56 Å². The third-order valence-electron chi connectivity index (χ3n) is 1.65. The first-order valence-electron chi connectivity index (χ1n) is 4.68. The van der Waals surface area contributed by atoms with Gasteiger partial charge in [-0.1, -0.05) is 24.8 Å². The number of para-hydroxylation sites is 1. The molecule has 0 aliphatic heterocycles. The van der Waals surface area contributed by atoms with Gasteiger partial charge in [0.1, 0.15) is 12.4 Å². The SMILES string of the molecule is C=CCOc1ccccc1C=NN=C(N)N. The number of hydrogen-bond acceptors (Lipinski definition) is 3. The van der Waals surface area contributed by atoms with E-state index in [1.807, 2.05) is 24.3 Å². The van der Waals surface area contributed by atoms with E-state index in [1.54, 1.807) is 6.08 Å². The molecule has 5 heteroatoms. The third kappa shape index (κ3) is 3.83. The van der Waals surface area contributed by atoms with Crippen molar-refractivity contribution in [1.82, 2.24) is 0 Å². The predicted molar refractivity (Wildman–Crippen MR) is 65.5 cm³/mol. The Labute approximate surface area is 94.1 Å². The number of nitrogens with two attached hydrogens (primary N) is 2. The van der Waals surface area contributed by atoms with Gasteiger partial charge < -0.3 is 16.2 Å². The Bertz CT molecular complexity index is 408. The molecule has 0 aliphatic carbocycles. The van der Waals surface area contributed by atoms with Crippen molar-refractivity contribution in [2.75, 3.05) is 6.61 Å². The summed E-state index contributed by atoms with van der Waals surface area (Å²) < 4.78 is 5.42. The number of nitrogens with zero attached hydrogens (tertiary/aromatic N) is 2. The van der Waals surface area contributed by atoms with E-state index in [1.165, 1.54) is 6.21 Å². The number of rotatable bonds is 5. The highest BCUT2D eigenvalue weighted by atomic mass is 16.5. The summed E-state index contributed by atoms with van der Waals surface area (Å²) in [6, 6.07) is 7.43. The Morgan fingerprint density at radius 3 is 2.81 bits per heavy atom. The van der Waals surface area contributed by atoms with Crippen LogP contribution >= 0.6 is 0 Å². The molecule has 0 bridgehead atoms. The fraction of sp³-hybridized carbons (Fsp3) is 0.0909. The molecule has 84 valence electrons. The van der Waals surface area contributed by atoms with Crippen LogP contribution in [0.4, 0.5) is 0 Å². The van der Waals surface area contributed by atoms with E-state index in [0.29, 0.717) is 12.4 Å². The molecule has 0 fully saturated rings. The molecule has 1 rings (SSSR count). The normalized spacial score (nSPS) is 10.0. The third-order valence-corrected chi connectivity index (χ3v) is 1.65. The maximum atomic E-state index is 5.42. The van der Waals surface area contributed by atoms with Gasteiger partial charge in [-0.3, -0.25) is 0 Å². The van der Waals surface area contributed by atoms with Gasteiger partial charge in [0.15, 0.2) is 0 Å². The maximum Gasteiger partial charge on any atom is 0.211 e. The number of benzene rings is 1. The van der Waals surface area contributed by atoms with Gasteiger partial charge >= 0.3 is 0 Å². The summed E-state index contributed by atoms with van der Waals surface area (Å²) in [7, 11) is 0. The van der Waals surface area contributed by atoms with Crippen LogP contribution < -0.4 is 16.2 Å². The minimum absolute atomic E-state index is 0.0826. The zero-order chi connectivity index (χ0) is 11.8. The number of hydrogen-bond donors (Lipinski definition) is 2. The second kappa shape index (κ2) is 6.23. The molecule has 0 saturated heterocycles. The van der Waals surface area contributed by atoms with Gasteiger partial charge in [-0.15, -0.1) is 5.10 Å². The van der Waals surface area contributed by atoms with Crippen molar-refractivity contribution in [3.05, 3.63) is 42.5 Å². The summed E-state index contributed by atoms with van der Waals surface area (Å²) in [6.45, 7) is 4.01. The van der Waals surface area contributed by atoms with Crippen LogP contribution in [0.2, 0.25) is 0 Å². The lowest BCUT2D eigenvalue weighted by Gasteiger charge is -2.05. The molecule has 0 radical (unpaired) electrons. The second-order valence-corrected chi connectivity index (χ2v) is 2.91. The molecule has 4 N–H and O–H groups in total. The largest absolute Gasteiger partial charge is 0.489 e. The van der Waals surface area contributed by atoms with E-state index >= 15 is 0 Å². The highest BCUT2D eigenvalue weighted by molar-refractivity contribution is 5.84. The van der Waals surface area contributed by atoms with E-state index in [0.717, 1.165) is 5.56 Å². The quantitative estimate of drug-likeness (QED) is 0.332. The van der Waals surface area contributed by atoms with Crippen molar-refractivity contribution in [1.29, 1.82) is 0 Å². The van der Waals surface area contributed by atoms with Gasteiger partial charge in [-0.25, -0.2) is 0 Å². The van der Waals surface area contributed by atoms with Crippen molar-refractivity contribution >= 4 is 12.2 Å². The lowest BCUT2D eigenvalue weighted by atomic mass is 10.2. The zero-order valence-corrected chi connectivity index (χ0v) is 8.84. The molecule has 1 aromatic carbocycles. The average Bonchev–Trinajstić information content (AvgIpc) is 2.27. The fourth-order valence-corrected chi connectivity index (χ4v) is 1.03. The minimum Gasteiger partial charge on any atom is -0.489 e. The average molecular weight is 218 g/mol. The summed E-state index contributed by atoms with van der Waals surface area (Å²) in [4.78, 5) is 0. The monoisotopic (exact) mass is 218 g/mol. The first-order valence-corrected chi connectivity index (χ1v) is 4.68. The van der Waals surface area contributed by atoms with Gasteiger partial charge in [0.25, 0.3) is 0 Å². The number of guanidine groups is 1. The van der Waals surface area contributed by atoms with E-state index in [9.17, 15) is 0 Å². The standard InChI is InChI=1S/C11H14N4O/c1-2-7-16-10-6-4-3-5-9(10)8-14-15-11(12)13/h2-6,8H,1,7H2,(H4,12,13,15). The highest BCUT2D eigenvalue weighted by Gasteiger charge is 1.98. The Kier molecular flexibility index (Phi) is 4.59. The summed E-state index contributed by atoms with van der Waals surface area (Å²) in [5.74, 6) is 0.623. The topological polar surface area (TPSA) is 86.0 Å². The van der Waals surface area contributed by atoms with Gasteiger partial charge in [0, 0.05) is 5.56 Å². The van der Waals surface area contributed by atoms with Crippen LogP contribution in [0, 0.1) is 0 Å². The maximum absolute atomic E-state index is 5.42. The van der Waals surface area contributed by atoms with Gasteiger partial charge in [0.05, 0.1) is 6.21 Å². The smallest absolute Gasteiger partial charge is 0.211 e. The summed E-state index contributed by atoms with van der Waals surface area (Å²) in [6.07, 6.45) is 3.20. The molecular weight excluding hydrogens is 204 g/mol. The van der Waals surface area contributed by atoms with Crippen LogP contribution in [0.3, 0.4) is 0 Å². The highest BCUT2D eigenvalue weighted by Crippen LogP contribution is 2.15. The van der Waals surface area contributed by atoms with E-state index in [2.05, 4.69) is 16.8 Å². The lowest BCUT2D eigenvalue weighted by Crippen LogP contribution is -2.21. The Balaban J connectivity index is 2.81. The van der Waals surface area contributed by atoms with E-state index in [-0.39, 0.29) is 5.96 Å². The van der Waals surface area contributed by atoms with Crippen molar-refractivity contribution in [3.63, 3.8) is 0 Å². The second-order valence-electron chi connectivity index (χ2n) is 2.91. The lowest BCUT2D eigenvalue weighted by molar-refractivity contribution is 0.363. The summed E-state index contributed by atoms with van der Waals surface area (Å²) >= 11 is 0. The number of ether oxygens (including phenoxy) is 1. The van der Waals surface area contributed by atoms with Crippen LogP contribution in [-0.2, 0) is 0 Å². The molecule has 0 aliphatic rings. The molecule has 0 heterocycles. The molecule has 1 aromatic rings. The van der Waals surface area contributed by atoms with Crippen molar-refractivity contribution in [2.24, 2.45) is 21.7 Å². The van der Waals surface area contributed by atoms with E-state index < -0.39 is 0 Å². The molecule has 0 saturated carbocycles. The van der Waals surface area contributed by atoms with Crippen LogP contribution in [0.5, 0.6) is 5.75 Å². The summed E-state index contributed by atoms with van der Waals surface area (Å²) in [5.41, 5.74) is 11.1. The van der Waals surface area contributed by atoms with Crippen LogP contribution in [0.15, 0.2) is 47.1 Å².